The molecular formula is C10H17NO5. The van der Waals surface area contributed by atoms with Crippen molar-refractivity contribution < 1.29 is 24.5 Å². The molecule has 0 aromatic carbocycles. The standard InChI is InChI=1S/C10H17NO5/c1-10(2,3)16-6-4-5-11(9(14)15)7(6)8(12)13/h6-7H,4-5H2,1-3H3,(H,12,13)(H,14,15). The van der Waals surface area contributed by atoms with E-state index in [9.17, 15) is 9.59 Å². The maximum absolute atomic E-state index is 11.0. The first-order valence-corrected chi connectivity index (χ1v) is 5.12. The number of ether oxygens (including phenoxy) is 1. The molecule has 6 nitrogen and oxygen atoms in total. The van der Waals surface area contributed by atoms with Gasteiger partial charge < -0.3 is 14.9 Å². The van der Waals surface area contributed by atoms with Crippen molar-refractivity contribution in [1.29, 1.82) is 0 Å². The van der Waals surface area contributed by atoms with E-state index in [0.717, 1.165) is 4.90 Å². The number of likely N-dealkylation sites (tertiary alicyclic amines) is 1. The fourth-order valence-corrected chi connectivity index (χ4v) is 1.85. The average molecular weight is 231 g/mol. The van der Waals surface area contributed by atoms with Crippen LogP contribution in [0.15, 0.2) is 0 Å². The second-order valence-electron chi connectivity index (χ2n) is 4.82. The molecule has 0 aromatic rings. The molecule has 1 amide bonds. The Morgan fingerprint density at radius 2 is 1.88 bits per heavy atom. The molecule has 2 unspecified atom stereocenters. The van der Waals surface area contributed by atoms with Crippen LogP contribution in [0.4, 0.5) is 4.79 Å². The molecule has 0 aromatic heterocycles. The lowest BCUT2D eigenvalue weighted by Crippen LogP contribution is -2.46. The smallest absolute Gasteiger partial charge is 0.408 e. The van der Waals surface area contributed by atoms with Crippen LogP contribution in [0.25, 0.3) is 0 Å². The molecule has 1 rings (SSSR count). The van der Waals surface area contributed by atoms with Crippen molar-refractivity contribution in [2.45, 2.75) is 44.9 Å². The number of rotatable bonds is 2. The summed E-state index contributed by atoms with van der Waals surface area (Å²) in [5.41, 5.74) is -0.479. The zero-order valence-electron chi connectivity index (χ0n) is 9.64. The Hall–Kier alpha value is -1.30. The van der Waals surface area contributed by atoms with Gasteiger partial charge >= 0.3 is 12.1 Å². The van der Waals surface area contributed by atoms with Gasteiger partial charge in [0.15, 0.2) is 6.04 Å². The molecule has 92 valence electrons. The van der Waals surface area contributed by atoms with E-state index in [1.165, 1.54) is 0 Å². The van der Waals surface area contributed by atoms with Gasteiger partial charge in [-0.15, -0.1) is 0 Å². The summed E-state index contributed by atoms with van der Waals surface area (Å²) in [5.74, 6) is -1.16. The van der Waals surface area contributed by atoms with Crippen molar-refractivity contribution in [3.63, 3.8) is 0 Å². The van der Waals surface area contributed by atoms with Gasteiger partial charge in [-0.05, 0) is 27.2 Å². The fourth-order valence-electron chi connectivity index (χ4n) is 1.85. The monoisotopic (exact) mass is 231 g/mol. The average Bonchev–Trinajstić information content (AvgIpc) is 2.44. The van der Waals surface area contributed by atoms with E-state index >= 15 is 0 Å². The summed E-state index contributed by atoms with van der Waals surface area (Å²) in [5, 5.41) is 17.9. The van der Waals surface area contributed by atoms with Crippen molar-refractivity contribution in [3.8, 4) is 0 Å². The van der Waals surface area contributed by atoms with Gasteiger partial charge in [-0.1, -0.05) is 0 Å². The summed E-state index contributed by atoms with van der Waals surface area (Å²) in [6.07, 6.45) is -1.37. The molecule has 2 atom stereocenters. The zero-order valence-corrected chi connectivity index (χ0v) is 9.64. The first-order chi connectivity index (χ1) is 7.22. The van der Waals surface area contributed by atoms with Gasteiger partial charge in [-0.25, -0.2) is 9.59 Å². The molecule has 0 bridgehead atoms. The van der Waals surface area contributed by atoms with Crippen LogP contribution in [-0.4, -0.2) is 51.5 Å². The predicted molar refractivity (Wildman–Crippen MR) is 55.4 cm³/mol. The highest BCUT2D eigenvalue weighted by Gasteiger charge is 2.44. The number of nitrogens with zero attached hydrogens (tertiary/aromatic N) is 1. The third kappa shape index (κ3) is 2.85. The van der Waals surface area contributed by atoms with Gasteiger partial charge in [0.1, 0.15) is 0 Å². The number of amides is 1. The maximum atomic E-state index is 11.0. The van der Waals surface area contributed by atoms with Crippen molar-refractivity contribution in [2.75, 3.05) is 6.54 Å². The maximum Gasteiger partial charge on any atom is 0.408 e. The summed E-state index contributed by atoms with van der Waals surface area (Å²) < 4.78 is 5.57. The Morgan fingerprint density at radius 3 is 2.25 bits per heavy atom. The summed E-state index contributed by atoms with van der Waals surface area (Å²) in [6, 6.07) is -1.10. The van der Waals surface area contributed by atoms with Gasteiger partial charge in [0.2, 0.25) is 0 Å². The zero-order chi connectivity index (χ0) is 12.5. The van der Waals surface area contributed by atoms with Crippen LogP contribution in [0.2, 0.25) is 0 Å². The van der Waals surface area contributed by atoms with Crippen LogP contribution in [0.3, 0.4) is 0 Å². The Balaban J connectivity index is 2.80. The van der Waals surface area contributed by atoms with Crippen molar-refractivity contribution in [1.82, 2.24) is 4.90 Å². The molecule has 1 aliphatic heterocycles. The minimum absolute atomic E-state index is 0.201. The highest BCUT2D eigenvalue weighted by molar-refractivity contribution is 5.80. The Kier molecular flexibility index (Phi) is 3.42. The quantitative estimate of drug-likeness (QED) is 0.740. The van der Waals surface area contributed by atoms with Crippen LogP contribution >= 0.6 is 0 Å². The van der Waals surface area contributed by atoms with Crippen molar-refractivity contribution >= 4 is 12.1 Å². The summed E-state index contributed by atoms with van der Waals surface area (Å²) in [4.78, 5) is 22.8. The topological polar surface area (TPSA) is 87.1 Å². The number of aliphatic carboxylic acids is 1. The Morgan fingerprint density at radius 1 is 1.31 bits per heavy atom. The summed E-state index contributed by atoms with van der Waals surface area (Å²) in [7, 11) is 0. The van der Waals surface area contributed by atoms with E-state index in [1.807, 2.05) is 20.8 Å². The summed E-state index contributed by atoms with van der Waals surface area (Å²) in [6.45, 7) is 5.65. The van der Waals surface area contributed by atoms with E-state index in [2.05, 4.69) is 0 Å². The van der Waals surface area contributed by atoms with Gasteiger partial charge in [0, 0.05) is 6.54 Å². The largest absolute Gasteiger partial charge is 0.480 e. The number of carboxylic acid groups (broad SMARTS) is 2. The summed E-state index contributed by atoms with van der Waals surface area (Å²) >= 11 is 0. The molecule has 1 aliphatic rings. The van der Waals surface area contributed by atoms with Crippen LogP contribution in [-0.2, 0) is 9.53 Å². The van der Waals surface area contributed by atoms with E-state index in [0.29, 0.717) is 6.42 Å². The van der Waals surface area contributed by atoms with Crippen LogP contribution in [0.5, 0.6) is 0 Å². The van der Waals surface area contributed by atoms with E-state index < -0.39 is 29.8 Å². The first kappa shape index (κ1) is 12.8. The minimum Gasteiger partial charge on any atom is -0.480 e. The molecule has 0 spiro atoms. The van der Waals surface area contributed by atoms with E-state index in [-0.39, 0.29) is 6.54 Å². The van der Waals surface area contributed by atoms with Gasteiger partial charge in [0.05, 0.1) is 11.7 Å². The molecule has 2 N–H and O–H groups in total. The van der Waals surface area contributed by atoms with Crippen LogP contribution in [0.1, 0.15) is 27.2 Å². The molecule has 0 saturated carbocycles. The molecule has 6 heteroatoms. The normalized spacial score (nSPS) is 25.8. The van der Waals surface area contributed by atoms with Crippen molar-refractivity contribution in [2.24, 2.45) is 0 Å². The molecule has 0 aliphatic carbocycles. The van der Waals surface area contributed by atoms with E-state index in [4.69, 9.17) is 14.9 Å². The molecule has 1 saturated heterocycles. The lowest BCUT2D eigenvalue weighted by molar-refractivity contribution is -0.149. The molecule has 16 heavy (non-hydrogen) atoms. The molecule has 1 heterocycles. The third-order valence-corrected chi connectivity index (χ3v) is 2.35. The third-order valence-electron chi connectivity index (χ3n) is 2.35. The van der Waals surface area contributed by atoms with Crippen LogP contribution in [0, 0.1) is 0 Å². The molecule has 1 fully saturated rings. The second-order valence-corrected chi connectivity index (χ2v) is 4.82. The highest BCUT2D eigenvalue weighted by Crippen LogP contribution is 2.25. The van der Waals surface area contributed by atoms with E-state index in [1.54, 1.807) is 0 Å². The molecule has 0 radical (unpaired) electrons. The Bertz CT molecular complexity index is 296. The fraction of sp³-hybridized carbons (Fsp3) is 0.800. The van der Waals surface area contributed by atoms with Crippen molar-refractivity contribution in [3.05, 3.63) is 0 Å². The lowest BCUT2D eigenvalue weighted by Gasteiger charge is -2.28. The predicted octanol–water partition coefficient (Wildman–Crippen LogP) is 1.01. The number of carboxylic acids is 1. The SMILES string of the molecule is CC(C)(C)OC1CCN(C(=O)O)C1C(=O)O. The Labute approximate surface area is 93.8 Å². The number of hydrogen-bond acceptors (Lipinski definition) is 3. The van der Waals surface area contributed by atoms with Gasteiger partial charge in [-0.2, -0.15) is 0 Å². The van der Waals surface area contributed by atoms with Crippen LogP contribution < -0.4 is 0 Å². The second kappa shape index (κ2) is 4.29. The molecular weight excluding hydrogens is 214 g/mol. The minimum atomic E-state index is -1.22. The highest BCUT2D eigenvalue weighted by atomic mass is 16.5. The van der Waals surface area contributed by atoms with Gasteiger partial charge in [-0.3, -0.25) is 4.90 Å². The number of carbonyl (C=O) groups is 2. The van der Waals surface area contributed by atoms with Gasteiger partial charge in [0.25, 0.3) is 0 Å². The lowest BCUT2D eigenvalue weighted by atomic mass is 10.1. The first-order valence-electron chi connectivity index (χ1n) is 5.12. The number of hydrogen-bond donors (Lipinski definition) is 2.